The van der Waals surface area contributed by atoms with Gasteiger partial charge >= 0.3 is 5.97 Å². The molecule has 0 radical (unpaired) electrons. The zero-order chi connectivity index (χ0) is 14.3. The molecule has 2 atom stereocenters. The fourth-order valence-electron chi connectivity index (χ4n) is 1.39. The first-order valence-corrected chi connectivity index (χ1v) is 7.94. The van der Waals surface area contributed by atoms with Gasteiger partial charge in [0.05, 0.1) is 6.10 Å². The molecule has 0 bridgehead atoms. The fraction of sp³-hybridized carbons (Fsp3) is 0.500. The van der Waals surface area contributed by atoms with Gasteiger partial charge in [-0.1, -0.05) is 25.1 Å². The largest absolute Gasteiger partial charge is 0.462 e. The van der Waals surface area contributed by atoms with E-state index < -0.39 is 8.30 Å². The average Bonchev–Trinajstić information content (AvgIpc) is 2.38. The van der Waals surface area contributed by atoms with Gasteiger partial charge in [-0.3, -0.25) is 9.88 Å². The molecular formula is C14H22NO3P. The smallest absolute Gasteiger partial charge is 0.323 e. The average molecular weight is 283 g/mol. The topological polar surface area (TPSA) is 47.6 Å². The van der Waals surface area contributed by atoms with Crippen LogP contribution in [0.1, 0.15) is 27.7 Å². The number of ether oxygens (including phenoxy) is 1. The molecule has 0 amide bonds. The Kier molecular flexibility index (Phi) is 6.82. The third kappa shape index (κ3) is 6.04. The molecule has 1 aromatic rings. The molecule has 4 nitrogen and oxygen atoms in total. The van der Waals surface area contributed by atoms with Crippen molar-refractivity contribution in [3.63, 3.8) is 0 Å². The first kappa shape index (κ1) is 15.9. The predicted molar refractivity (Wildman–Crippen MR) is 78.4 cm³/mol. The molecule has 106 valence electrons. The molecule has 0 spiro atoms. The molecule has 1 N–H and O–H groups in total. The van der Waals surface area contributed by atoms with Crippen LogP contribution in [0.3, 0.4) is 0 Å². The molecule has 0 aliphatic rings. The van der Waals surface area contributed by atoms with Crippen LogP contribution < -0.4 is 9.61 Å². The van der Waals surface area contributed by atoms with Crippen LogP contribution in [0.25, 0.3) is 0 Å². The van der Waals surface area contributed by atoms with Crippen molar-refractivity contribution in [1.82, 2.24) is 5.09 Å². The highest BCUT2D eigenvalue weighted by atomic mass is 31.2. The standard InChI is InChI=1S/C14H22NO3P/c1-5-19(18-13-9-7-6-8-10-13)15-12(4)14(16)17-11(2)3/h6-12,15H,5H2,1-4H3. The van der Waals surface area contributed by atoms with Crippen LogP contribution in [0.5, 0.6) is 5.75 Å². The van der Waals surface area contributed by atoms with E-state index in [1.54, 1.807) is 6.92 Å². The van der Waals surface area contributed by atoms with Gasteiger partial charge in [-0.05, 0) is 32.9 Å². The maximum atomic E-state index is 11.7. The number of hydrogen-bond donors (Lipinski definition) is 1. The summed E-state index contributed by atoms with van der Waals surface area (Å²) in [4.78, 5) is 11.7. The molecule has 1 rings (SSSR count). The van der Waals surface area contributed by atoms with Gasteiger partial charge in [0.2, 0.25) is 0 Å². The molecule has 0 aromatic heterocycles. The van der Waals surface area contributed by atoms with Crippen LogP contribution in [0, 0.1) is 0 Å². The second-order valence-corrected chi connectivity index (χ2v) is 6.27. The molecule has 19 heavy (non-hydrogen) atoms. The minimum absolute atomic E-state index is 0.0975. The Morgan fingerprint density at radius 2 is 1.89 bits per heavy atom. The molecule has 0 aliphatic carbocycles. The van der Waals surface area contributed by atoms with E-state index in [4.69, 9.17) is 9.26 Å². The van der Waals surface area contributed by atoms with E-state index in [0.717, 1.165) is 11.9 Å². The molecule has 0 fully saturated rings. The lowest BCUT2D eigenvalue weighted by Gasteiger charge is -2.22. The highest BCUT2D eigenvalue weighted by molar-refractivity contribution is 7.50. The van der Waals surface area contributed by atoms with E-state index in [9.17, 15) is 4.79 Å². The number of carbonyl (C=O) groups is 1. The summed E-state index contributed by atoms with van der Waals surface area (Å²) >= 11 is 0. The number of esters is 1. The van der Waals surface area contributed by atoms with Crippen molar-refractivity contribution in [3.8, 4) is 5.75 Å². The van der Waals surface area contributed by atoms with Gasteiger partial charge < -0.3 is 9.26 Å². The lowest BCUT2D eigenvalue weighted by molar-refractivity contribution is -0.148. The van der Waals surface area contributed by atoms with E-state index >= 15 is 0 Å². The normalized spacial score (nSPS) is 13.9. The van der Waals surface area contributed by atoms with Gasteiger partial charge in [0, 0.05) is 6.16 Å². The third-order valence-electron chi connectivity index (χ3n) is 2.29. The number of para-hydroxylation sites is 1. The monoisotopic (exact) mass is 283 g/mol. The van der Waals surface area contributed by atoms with Crippen molar-refractivity contribution in [3.05, 3.63) is 30.3 Å². The van der Waals surface area contributed by atoms with Crippen molar-refractivity contribution < 1.29 is 14.1 Å². The Balaban J connectivity index is 2.50. The number of rotatable bonds is 7. The van der Waals surface area contributed by atoms with Gasteiger partial charge in [0.1, 0.15) is 11.8 Å². The fourth-order valence-corrected chi connectivity index (χ4v) is 2.67. The van der Waals surface area contributed by atoms with Crippen molar-refractivity contribution in [2.75, 3.05) is 6.16 Å². The molecule has 0 saturated heterocycles. The zero-order valence-electron chi connectivity index (χ0n) is 11.9. The highest BCUT2D eigenvalue weighted by Crippen LogP contribution is 2.34. The van der Waals surface area contributed by atoms with Crippen LogP contribution in [0.2, 0.25) is 0 Å². The second kappa shape index (κ2) is 8.13. The molecule has 2 unspecified atom stereocenters. The summed E-state index contributed by atoms with van der Waals surface area (Å²) in [5.41, 5.74) is 0. The van der Waals surface area contributed by atoms with Gasteiger partial charge in [0.25, 0.3) is 0 Å². The van der Waals surface area contributed by atoms with Crippen molar-refractivity contribution in [1.29, 1.82) is 0 Å². The Morgan fingerprint density at radius 3 is 2.42 bits per heavy atom. The maximum Gasteiger partial charge on any atom is 0.323 e. The second-order valence-electron chi connectivity index (χ2n) is 4.44. The van der Waals surface area contributed by atoms with Crippen LogP contribution in [0.15, 0.2) is 30.3 Å². The Morgan fingerprint density at radius 1 is 1.26 bits per heavy atom. The zero-order valence-corrected chi connectivity index (χ0v) is 12.8. The van der Waals surface area contributed by atoms with E-state index in [1.165, 1.54) is 0 Å². The first-order valence-electron chi connectivity index (χ1n) is 6.50. The number of nitrogens with one attached hydrogen (secondary N) is 1. The van der Waals surface area contributed by atoms with Crippen LogP contribution in [-0.4, -0.2) is 24.3 Å². The van der Waals surface area contributed by atoms with Crippen molar-refractivity contribution in [2.45, 2.75) is 39.8 Å². The van der Waals surface area contributed by atoms with E-state index in [-0.39, 0.29) is 18.1 Å². The van der Waals surface area contributed by atoms with E-state index in [2.05, 4.69) is 5.09 Å². The summed E-state index contributed by atoms with van der Waals surface area (Å²) in [6, 6.07) is 9.24. The van der Waals surface area contributed by atoms with Crippen LogP contribution in [-0.2, 0) is 9.53 Å². The van der Waals surface area contributed by atoms with Gasteiger partial charge in [0.15, 0.2) is 8.30 Å². The van der Waals surface area contributed by atoms with Gasteiger partial charge in [-0.15, -0.1) is 0 Å². The minimum Gasteiger partial charge on any atom is -0.462 e. The molecule has 0 saturated carbocycles. The van der Waals surface area contributed by atoms with Gasteiger partial charge in [-0.2, -0.15) is 0 Å². The summed E-state index contributed by atoms with van der Waals surface area (Å²) in [6.07, 6.45) is 0.725. The van der Waals surface area contributed by atoms with Crippen molar-refractivity contribution in [2.24, 2.45) is 0 Å². The SMILES string of the molecule is CCP(NC(C)C(=O)OC(C)C)Oc1ccccc1. The number of carbonyl (C=O) groups excluding carboxylic acids is 1. The first-order chi connectivity index (χ1) is 9.02. The summed E-state index contributed by atoms with van der Waals surface area (Å²) < 4.78 is 11.0. The lowest BCUT2D eigenvalue weighted by Crippen LogP contribution is -2.34. The lowest BCUT2D eigenvalue weighted by atomic mass is 10.3. The van der Waals surface area contributed by atoms with E-state index in [1.807, 2.05) is 51.1 Å². The minimum atomic E-state index is -0.882. The molecule has 5 heteroatoms. The summed E-state index contributed by atoms with van der Waals surface area (Å²) in [5.74, 6) is 0.569. The number of benzene rings is 1. The predicted octanol–water partition coefficient (Wildman–Crippen LogP) is 3.33. The molecule has 0 aliphatic heterocycles. The molecule has 1 aromatic carbocycles. The number of hydrogen-bond acceptors (Lipinski definition) is 4. The molecular weight excluding hydrogens is 261 g/mol. The Labute approximate surface area is 116 Å². The summed E-state index contributed by atoms with van der Waals surface area (Å²) in [5, 5.41) is 3.19. The van der Waals surface area contributed by atoms with Crippen LogP contribution in [0.4, 0.5) is 0 Å². The Bertz CT molecular complexity index is 384. The maximum absolute atomic E-state index is 11.7. The third-order valence-corrected chi connectivity index (χ3v) is 3.97. The summed E-state index contributed by atoms with van der Waals surface area (Å²) in [7, 11) is -0.882. The van der Waals surface area contributed by atoms with Crippen LogP contribution >= 0.6 is 8.30 Å². The van der Waals surface area contributed by atoms with Gasteiger partial charge in [-0.25, -0.2) is 0 Å². The van der Waals surface area contributed by atoms with Crippen molar-refractivity contribution >= 4 is 14.3 Å². The van der Waals surface area contributed by atoms with E-state index in [0.29, 0.717) is 0 Å². The molecule has 0 heterocycles. The Hall–Kier alpha value is -1.12. The quantitative estimate of drug-likeness (QED) is 0.616. The summed E-state index contributed by atoms with van der Waals surface area (Å²) in [6.45, 7) is 7.51. The highest BCUT2D eigenvalue weighted by Gasteiger charge is 2.20.